The number of esters is 1. The van der Waals surface area contributed by atoms with E-state index in [1.54, 1.807) is 20.8 Å². The van der Waals surface area contributed by atoms with E-state index in [1.807, 2.05) is 0 Å². The first kappa shape index (κ1) is 9.87. The molecule has 0 fully saturated rings. The minimum Gasteiger partial charge on any atom is -0.440 e. The Balaban J connectivity index is 3.71. The van der Waals surface area contributed by atoms with Crippen LogP contribution in [-0.2, 0) is 9.53 Å². The number of nitrogens with zero attached hydrogens (tertiary/aromatic N) is 2. The predicted octanol–water partition coefficient (Wildman–Crippen LogP) is 0.859. The summed E-state index contributed by atoms with van der Waals surface area (Å²) in [6.45, 7) is 5.17. The largest absolute Gasteiger partial charge is 0.440 e. The summed E-state index contributed by atoms with van der Waals surface area (Å²) in [7, 11) is 0. The number of hydrogen-bond acceptors (Lipinski definition) is 4. The molecule has 0 radical (unpaired) electrons. The van der Waals surface area contributed by atoms with Crippen LogP contribution in [0.1, 0.15) is 20.8 Å². The summed E-state index contributed by atoms with van der Waals surface area (Å²) >= 11 is 0. The van der Waals surface area contributed by atoms with E-state index in [0.29, 0.717) is 0 Å². The fraction of sp³-hybridized carbons (Fsp3) is 0.833. The lowest BCUT2D eigenvalue weighted by Crippen LogP contribution is -2.22. The normalized spacial score (nSPS) is 11.9. The predicted molar refractivity (Wildman–Crippen MR) is 39.5 cm³/mol. The van der Waals surface area contributed by atoms with E-state index < -0.39 is 5.41 Å². The maximum Gasteiger partial charge on any atom is 0.313 e. The average molecular weight is 159 g/mol. The Morgan fingerprint density at radius 1 is 1.55 bits per heavy atom. The number of carbonyl (C=O) groups is 1. The van der Waals surface area contributed by atoms with Gasteiger partial charge in [0.2, 0.25) is 6.73 Å². The highest BCUT2D eigenvalue weighted by Gasteiger charge is 2.22. The number of ether oxygens (including phenoxy) is 1. The summed E-state index contributed by atoms with van der Waals surface area (Å²) in [6.07, 6.45) is 0. The van der Waals surface area contributed by atoms with E-state index >= 15 is 0 Å². The van der Waals surface area contributed by atoms with Crippen LogP contribution < -0.4 is 5.84 Å². The lowest BCUT2D eigenvalue weighted by molar-refractivity contribution is -0.152. The van der Waals surface area contributed by atoms with Crippen molar-refractivity contribution < 1.29 is 9.53 Å². The van der Waals surface area contributed by atoms with Crippen molar-refractivity contribution in [1.29, 1.82) is 0 Å². The molecule has 0 aliphatic carbocycles. The molecule has 0 amide bonds. The zero-order valence-corrected chi connectivity index (χ0v) is 7.00. The smallest absolute Gasteiger partial charge is 0.313 e. The lowest BCUT2D eigenvalue weighted by Gasteiger charge is -2.14. The molecular formula is C6H13N3O2. The summed E-state index contributed by atoms with van der Waals surface area (Å²) in [6, 6.07) is 0. The zero-order valence-electron chi connectivity index (χ0n) is 7.00. The third-order valence-corrected chi connectivity index (χ3v) is 0.947. The SMILES string of the molecule is CC(C)(C)C(=O)OCN=NN. The minimum absolute atomic E-state index is 0.105. The summed E-state index contributed by atoms with van der Waals surface area (Å²) in [4.78, 5) is 11.0. The molecule has 0 bridgehead atoms. The molecule has 0 heterocycles. The van der Waals surface area contributed by atoms with Crippen LogP contribution in [0, 0.1) is 5.41 Å². The van der Waals surface area contributed by atoms with Crippen molar-refractivity contribution in [2.75, 3.05) is 6.73 Å². The van der Waals surface area contributed by atoms with E-state index in [2.05, 4.69) is 15.1 Å². The molecule has 5 heteroatoms. The fourth-order valence-electron chi connectivity index (χ4n) is 0.337. The first-order valence-electron chi connectivity index (χ1n) is 3.22. The molecule has 0 aromatic carbocycles. The Bertz CT molecular complexity index is 160. The molecule has 0 spiro atoms. The van der Waals surface area contributed by atoms with Gasteiger partial charge in [-0.05, 0) is 20.8 Å². The molecule has 0 aromatic heterocycles. The van der Waals surface area contributed by atoms with Gasteiger partial charge in [0.1, 0.15) is 0 Å². The second-order valence-corrected chi connectivity index (χ2v) is 3.07. The molecule has 0 saturated heterocycles. The zero-order chi connectivity index (χ0) is 8.91. The quantitative estimate of drug-likeness (QED) is 0.281. The van der Waals surface area contributed by atoms with Crippen molar-refractivity contribution in [3.8, 4) is 0 Å². The first-order chi connectivity index (χ1) is 4.98. The molecule has 5 nitrogen and oxygen atoms in total. The highest BCUT2D eigenvalue weighted by molar-refractivity contribution is 5.75. The van der Waals surface area contributed by atoms with Crippen LogP contribution in [0.5, 0.6) is 0 Å². The number of nitrogens with two attached hydrogens (primary N) is 1. The van der Waals surface area contributed by atoms with Crippen molar-refractivity contribution in [1.82, 2.24) is 0 Å². The van der Waals surface area contributed by atoms with Crippen molar-refractivity contribution in [3.05, 3.63) is 0 Å². The van der Waals surface area contributed by atoms with Gasteiger partial charge in [-0.3, -0.25) is 4.79 Å². The highest BCUT2D eigenvalue weighted by atomic mass is 16.5. The van der Waals surface area contributed by atoms with Gasteiger partial charge >= 0.3 is 5.97 Å². The molecule has 0 rings (SSSR count). The minimum atomic E-state index is -0.496. The molecule has 0 aliphatic heterocycles. The first-order valence-corrected chi connectivity index (χ1v) is 3.22. The summed E-state index contributed by atoms with van der Waals surface area (Å²) in [5.41, 5.74) is -0.496. The van der Waals surface area contributed by atoms with Crippen molar-refractivity contribution in [2.45, 2.75) is 20.8 Å². The summed E-state index contributed by atoms with van der Waals surface area (Å²) in [5, 5.41) is 6.22. The Morgan fingerprint density at radius 2 is 2.09 bits per heavy atom. The van der Waals surface area contributed by atoms with Gasteiger partial charge in [0.15, 0.2) is 0 Å². The van der Waals surface area contributed by atoms with E-state index in [9.17, 15) is 4.79 Å². The molecule has 0 aliphatic rings. The monoisotopic (exact) mass is 159 g/mol. The molecule has 0 atom stereocenters. The number of carbonyl (C=O) groups excluding carboxylic acids is 1. The topological polar surface area (TPSA) is 77.0 Å². The van der Waals surface area contributed by atoms with Gasteiger partial charge in [0, 0.05) is 0 Å². The molecule has 0 aromatic rings. The Kier molecular flexibility index (Phi) is 3.50. The van der Waals surface area contributed by atoms with Crippen molar-refractivity contribution >= 4 is 5.97 Å². The molecule has 0 saturated carbocycles. The van der Waals surface area contributed by atoms with Crippen LogP contribution >= 0.6 is 0 Å². The van der Waals surface area contributed by atoms with Gasteiger partial charge in [-0.25, -0.2) is 0 Å². The van der Waals surface area contributed by atoms with Crippen LogP contribution in [0.15, 0.2) is 10.3 Å². The van der Waals surface area contributed by atoms with E-state index in [-0.39, 0.29) is 12.7 Å². The van der Waals surface area contributed by atoms with Crippen LogP contribution in [0.2, 0.25) is 0 Å². The van der Waals surface area contributed by atoms with E-state index in [0.717, 1.165) is 0 Å². The highest BCUT2D eigenvalue weighted by Crippen LogP contribution is 2.14. The second-order valence-electron chi connectivity index (χ2n) is 3.07. The van der Waals surface area contributed by atoms with Crippen LogP contribution in [0.3, 0.4) is 0 Å². The van der Waals surface area contributed by atoms with Gasteiger partial charge in [-0.1, -0.05) is 5.22 Å². The van der Waals surface area contributed by atoms with Gasteiger partial charge in [-0.2, -0.15) is 0 Å². The van der Waals surface area contributed by atoms with Gasteiger partial charge in [0.25, 0.3) is 0 Å². The van der Waals surface area contributed by atoms with E-state index in [4.69, 9.17) is 5.84 Å². The Hall–Kier alpha value is -1.13. The number of hydrogen-bond donors (Lipinski definition) is 1. The van der Waals surface area contributed by atoms with Crippen LogP contribution in [0.25, 0.3) is 0 Å². The third kappa shape index (κ3) is 4.30. The van der Waals surface area contributed by atoms with Gasteiger partial charge < -0.3 is 10.6 Å². The maximum atomic E-state index is 11.0. The molecule has 64 valence electrons. The summed E-state index contributed by atoms with van der Waals surface area (Å²) in [5.74, 6) is 4.38. The third-order valence-electron chi connectivity index (χ3n) is 0.947. The molecule has 2 N–H and O–H groups in total. The van der Waals surface area contributed by atoms with Crippen LogP contribution in [-0.4, -0.2) is 12.7 Å². The van der Waals surface area contributed by atoms with Crippen molar-refractivity contribution in [3.63, 3.8) is 0 Å². The Labute approximate surface area is 65.6 Å². The number of rotatable bonds is 2. The van der Waals surface area contributed by atoms with Crippen LogP contribution in [0.4, 0.5) is 0 Å². The van der Waals surface area contributed by atoms with Gasteiger partial charge in [0.05, 0.1) is 5.41 Å². The van der Waals surface area contributed by atoms with Gasteiger partial charge in [-0.15, -0.1) is 5.11 Å². The molecule has 11 heavy (non-hydrogen) atoms. The maximum absolute atomic E-state index is 11.0. The Morgan fingerprint density at radius 3 is 2.45 bits per heavy atom. The fourth-order valence-corrected chi connectivity index (χ4v) is 0.337. The van der Waals surface area contributed by atoms with E-state index in [1.165, 1.54) is 0 Å². The van der Waals surface area contributed by atoms with Crippen molar-refractivity contribution in [2.24, 2.45) is 21.6 Å². The molecular weight excluding hydrogens is 146 g/mol. The second kappa shape index (κ2) is 3.90. The average Bonchev–Trinajstić information content (AvgIpc) is 1.86. The molecule has 0 unspecified atom stereocenters. The summed E-state index contributed by atoms with van der Waals surface area (Å²) < 4.78 is 4.67. The lowest BCUT2D eigenvalue weighted by atomic mass is 9.98. The standard InChI is InChI=1S/C6H13N3O2/c1-6(2,3)5(10)11-4-8-9-7/h4H2,1-3H3,(H2,7,8).